The van der Waals surface area contributed by atoms with Gasteiger partial charge in [-0.1, -0.05) is 60.7 Å². The summed E-state index contributed by atoms with van der Waals surface area (Å²) in [5.41, 5.74) is 6.89. The maximum Gasteiger partial charge on any atom is 0.307 e. The van der Waals surface area contributed by atoms with Crippen LogP contribution in [-0.4, -0.2) is 24.2 Å². The fourth-order valence-corrected chi connectivity index (χ4v) is 2.43. The van der Waals surface area contributed by atoms with Crippen molar-refractivity contribution in [3.8, 4) is 0 Å². The van der Waals surface area contributed by atoms with Gasteiger partial charge in [0.2, 0.25) is 0 Å². The van der Waals surface area contributed by atoms with Crippen LogP contribution >= 0.6 is 0 Å². The summed E-state index contributed by atoms with van der Waals surface area (Å²) < 4.78 is 5.27. The first-order chi connectivity index (χ1) is 14.2. The largest absolute Gasteiger partial charge is 0.446 e. The van der Waals surface area contributed by atoms with Crippen molar-refractivity contribution in [2.75, 3.05) is 0 Å². The van der Waals surface area contributed by atoms with Crippen molar-refractivity contribution in [2.24, 2.45) is 10.2 Å². The van der Waals surface area contributed by atoms with Crippen LogP contribution in [0.15, 0.2) is 87.4 Å². The summed E-state index contributed by atoms with van der Waals surface area (Å²) in [5, 5.41) is 7.76. The molecule has 0 aliphatic rings. The van der Waals surface area contributed by atoms with Crippen molar-refractivity contribution in [1.29, 1.82) is 0 Å². The minimum absolute atomic E-state index is 0.0136. The second-order valence-electron chi connectivity index (χ2n) is 6.05. The Hall–Kier alpha value is -4.00. The maximum absolute atomic E-state index is 12.0. The van der Waals surface area contributed by atoms with Gasteiger partial charge in [0.05, 0.1) is 0 Å². The van der Waals surface area contributed by atoms with Crippen molar-refractivity contribution in [3.05, 3.63) is 95.4 Å². The number of hydrogen-bond acceptors (Lipinski definition) is 5. The molecule has 2 amide bonds. The van der Waals surface area contributed by atoms with E-state index in [1.807, 2.05) is 60.7 Å². The highest BCUT2D eigenvalue weighted by Gasteiger charge is 2.14. The quantitative estimate of drug-likeness (QED) is 0.458. The Morgan fingerprint density at radius 2 is 1.10 bits per heavy atom. The molecular formula is C22H20N4O3. The van der Waals surface area contributed by atoms with E-state index in [9.17, 15) is 9.59 Å². The molecule has 1 heterocycles. The summed E-state index contributed by atoms with van der Waals surface area (Å²) in [6.45, 7) is 0. The summed E-state index contributed by atoms with van der Waals surface area (Å²) in [7, 11) is 0. The number of amides is 2. The Labute approximate surface area is 168 Å². The van der Waals surface area contributed by atoms with Crippen LogP contribution in [0.1, 0.15) is 32.2 Å². The molecule has 0 unspecified atom stereocenters. The number of benzene rings is 2. The van der Waals surface area contributed by atoms with Gasteiger partial charge in [0, 0.05) is 25.3 Å². The maximum atomic E-state index is 12.0. The van der Waals surface area contributed by atoms with E-state index in [4.69, 9.17) is 4.42 Å². The van der Waals surface area contributed by atoms with Gasteiger partial charge in [0.15, 0.2) is 11.5 Å². The summed E-state index contributed by atoms with van der Waals surface area (Å²) in [6, 6.07) is 22.3. The standard InChI is InChI=1S/C22H20N4O3/c27-21(25-23-15-13-17-7-3-1-4-8-17)19-11-12-20(29-19)22(28)26-24-16-14-18-9-5-2-6-10-18/h1-12,15-16H,13-14H2,(H,25,27)(H,26,28)/b23-15+,24-16+. The number of nitrogens with zero attached hydrogens (tertiary/aromatic N) is 2. The minimum atomic E-state index is -0.541. The molecule has 0 atom stereocenters. The van der Waals surface area contributed by atoms with E-state index in [-0.39, 0.29) is 11.5 Å². The number of furan rings is 1. The van der Waals surface area contributed by atoms with Gasteiger partial charge in [-0.05, 0) is 23.3 Å². The molecule has 1 aromatic heterocycles. The van der Waals surface area contributed by atoms with Crippen molar-refractivity contribution in [2.45, 2.75) is 12.8 Å². The molecular weight excluding hydrogens is 368 g/mol. The second kappa shape index (κ2) is 10.4. The normalized spacial score (nSPS) is 11.0. The molecule has 0 bridgehead atoms. The van der Waals surface area contributed by atoms with Crippen LogP contribution in [0.25, 0.3) is 0 Å². The van der Waals surface area contributed by atoms with Gasteiger partial charge in [0.1, 0.15) is 0 Å². The smallest absolute Gasteiger partial charge is 0.307 e. The molecule has 0 spiro atoms. The highest BCUT2D eigenvalue weighted by atomic mass is 16.4. The summed E-state index contributed by atoms with van der Waals surface area (Å²) in [4.78, 5) is 24.1. The van der Waals surface area contributed by atoms with E-state index >= 15 is 0 Å². The molecule has 146 valence electrons. The molecule has 0 aliphatic heterocycles. The lowest BCUT2D eigenvalue weighted by atomic mass is 10.2. The van der Waals surface area contributed by atoms with E-state index < -0.39 is 11.8 Å². The van der Waals surface area contributed by atoms with E-state index in [1.54, 1.807) is 12.4 Å². The van der Waals surface area contributed by atoms with E-state index in [0.29, 0.717) is 12.8 Å². The number of nitrogens with one attached hydrogen (secondary N) is 2. The van der Waals surface area contributed by atoms with Crippen LogP contribution in [0.2, 0.25) is 0 Å². The minimum Gasteiger partial charge on any atom is -0.446 e. The molecule has 7 nitrogen and oxygen atoms in total. The zero-order valence-corrected chi connectivity index (χ0v) is 15.6. The number of hydrazone groups is 2. The highest BCUT2D eigenvalue weighted by Crippen LogP contribution is 2.08. The third-order valence-electron chi connectivity index (χ3n) is 3.91. The van der Waals surface area contributed by atoms with Gasteiger partial charge >= 0.3 is 11.8 Å². The molecule has 2 N–H and O–H groups in total. The zero-order chi connectivity index (χ0) is 20.3. The average Bonchev–Trinajstić information content (AvgIpc) is 3.26. The van der Waals surface area contributed by atoms with Gasteiger partial charge in [-0.25, -0.2) is 10.9 Å². The molecule has 0 saturated carbocycles. The van der Waals surface area contributed by atoms with Crippen molar-refractivity contribution >= 4 is 24.2 Å². The number of carbonyl (C=O) groups is 2. The Balaban J connectivity index is 1.45. The van der Waals surface area contributed by atoms with Crippen LogP contribution in [0.5, 0.6) is 0 Å². The van der Waals surface area contributed by atoms with Crippen molar-refractivity contribution < 1.29 is 14.0 Å². The van der Waals surface area contributed by atoms with Crippen molar-refractivity contribution in [1.82, 2.24) is 10.9 Å². The summed E-state index contributed by atoms with van der Waals surface area (Å²) in [6.07, 6.45) is 4.36. The zero-order valence-electron chi connectivity index (χ0n) is 15.6. The third kappa shape index (κ3) is 6.28. The Morgan fingerprint density at radius 3 is 1.52 bits per heavy atom. The predicted octanol–water partition coefficient (Wildman–Crippen LogP) is 3.20. The third-order valence-corrected chi connectivity index (χ3v) is 3.91. The number of rotatable bonds is 8. The topological polar surface area (TPSA) is 96.1 Å². The Bertz CT molecular complexity index is 915. The predicted molar refractivity (Wildman–Crippen MR) is 111 cm³/mol. The van der Waals surface area contributed by atoms with Crippen LogP contribution in [0.3, 0.4) is 0 Å². The molecule has 0 fully saturated rings. The first-order valence-electron chi connectivity index (χ1n) is 9.04. The van der Waals surface area contributed by atoms with Gasteiger partial charge < -0.3 is 4.42 Å². The van der Waals surface area contributed by atoms with E-state index in [2.05, 4.69) is 21.1 Å². The fraction of sp³-hybridized carbons (Fsp3) is 0.0909. The molecule has 3 rings (SSSR count). The number of carbonyl (C=O) groups excluding carboxylic acids is 2. The lowest BCUT2D eigenvalue weighted by molar-refractivity contribution is 0.0902. The molecule has 2 aromatic carbocycles. The second-order valence-corrected chi connectivity index (χ2v) is 6.05. The first kappa shape index (κ1) is 19.8. The van der Waals surface area contributed by atoms with Gasteiger partial charge in [-0.2, -0.15) is 10.2 Å². The highest BCUT2D eigenvalue weighted by molar-refractivity contribution is 5.95. The van der Waals surface area contributed by atoms with Gasteiger partial charge in [-0.3, -0.25) is 9.59 Å². The summed E-state index contributed by atoms with van der Waals surface area (Å²) >= 11 is 0. The molecule has 29 heavy (non-hydrogen) atoms. The Kier molecular flexibility index (Phi) is 7.06. The van der Waals surface area contributed by atoms with Crippen LogP contribution < -0.4 is 10.9 Å². The molecule has 0 saturated heterocycles. The van der Waals surface area contributed by atoms with Gasteiger partial charge in [0.25, 0.3) is 0 Å². The number of hydrogen-bond donors (Lipinski definition) is 2. The lowest BCUT2D eigenvalue weighted by Gasteiger charge is -1.98. The molecule has 0 radical (unpaired) electrons. The Morgan fingerprint density at radius 1 is 0.690 bits per heavy atom. The van der Waals surface area contributed by atoms with Crippen LogP contribution in [0, 0.1) is 0 Å². The lowest BCUT2D eigenvalue weighted by Crippen LogP contribution is -2.18. The SMILES string of the molecule is O=C(N/N=C/Cc1ccccc1)c1ccc(C(=O)N/N=C/Cc2ccccc2)o1. The molecule has 0 aliphatic carbocycles. The van der Waals surface area contributed by atoms with Crippen molar-refractivity contribution in [3.63, 3.8) is 0 Å². The van der Waals surface area contributed by atoms with E-state index in [0.717, 1.165) is 11.1 Å². The van der Waals surface area contributed by atoms with Crippen LogP contribution in [0.4, 0.5) is 0 Å². The van der Waals surface area contributed by atoms with Gasteiger partial charge in [-0.15, -0.1) is 0 Å². The molecule has 3 aromatic rings. The monoisotopic (exact) mass is 388 g/mol. The first-order valence-corrected chi connectivity index (χ1v) is 9.04. The molecule has 7 heteroatoms. The van der Waals surface area contributed by atoms with Crippen LogP contribution in [-0.2, 0) is 12.8 Å². The average molecular weight is 388 g/mol. The summed E-state index contributed by atoms with van der Waals surface area (Å²) in [5.74, 6) is -1.11. The van der Waals surface area contributed by atoms with E-state index in [1.165, 1.54) is 12.1 Å². The fourth-order valence-electron chi connectivity index (χ4n) is 2.43.